The highest BCUT2D eigenvalue weighted by Gasteiger charge is 2.32. The van der Waals surface area contributed by atoms with Crippen molar-refractivity contribution in [3.05, 3.63) is 95.1 Å². The first-order valence-corrected chi connectivity index (χ1v) is 14.0. The highest BCUT2D eigenvalue weighted by molar-refractivity contribution is 7.90. The first-order chi connectivity index (χ1) is 18.6. The Labute approximate surface area is 229 Å². The van der Waals surface area contributed by atoms with Crippen LogP contribution in [0.15, 0.2) is 76.7 Å². The Kier molecular flexibility index (Phi) is 5.67. The van der Waals surface area contributed by atoms with Gasteiger partial charge >= 0.3 is 0 Å². The fourth-order valence-electron chi connectivity index (χ4n) is 4.74. The number of nitrogen functional groups attached to an aromatic ring is 1. The van der Waals surface area contributed by atoms with Crippen LogP contribution in [-0.2, 0) is 10.0 Å². The van der Waals surface area contributed by atoms with Crippen LogP contribution in [0.5, 0.6) is 0 Å². The Morgan fingerprint density at radius 2 is 1.69 bits per heavy atom. The lowest BCUT2D eigenvalue weighted by molar-refractivity contribution is 0.103. The van der Waals surface area contributed by atoms with Gasteiger partial charge in [-0.15, -0.1) is 12.6 Å². The second kappa shape index (κ2) is 8.85. The summed E-state index contributed by atoms with van der Waals surface area (Å²) < 4.78 is 30.5. The summed E-state index contributed by atoms with van der Waals surface area (Å²) in [6.07, 6.45) is 1.35. The SMILES string of the molecule is Cc1ccc(S(=O)(=O)n2c(C(=O)c3cnn(-c4ccc5nc(C)[nH]c5c4)c3N)c(S)c3ccc(C)cc32)cc1. The van der Waals surface area contributed by atoms with E-state index < -0.39 is 15.8 Å². The van der Waals surface area contributed by atoms with Gasteiger partial charge in [0.25, 0.3) is 10.0 Å². The standard InChI is InChI=1S/C28H24N6O3S2/c1-15-4-8-19(9-5-15)39(36,37)34-24-12-16(2)6-10-20(24)27(38)25(34)26(35)21-14-30-33(28(21)29)18-7-11-22-23(13-18)32-17(3)31-22/h4-14,38H,29H2,1-3H3,(H,31,32). The van der Waals surface area contributed by atoms with E-state index >= 15 is 0 Å². The number of aryl methyl sites for hydroxylation is 3. The van der Waals surface area contributed by atoms with Gasteiger partial charge in [0.2, 0.25) is 5.78 Å². The summed E-state index contributed by atoms with van der Waals surface area (Å²) in [4.78, 5) is 21.9. The molecule has 3 heterocycles. The number of aromatic amines is 1. The number of H-pyrrole nitrogens is 1. The van der Waals surface area contributed by atoms with E-state index in [9.17, 15) is 13.2 Å². The molecule has 6 rings (SSSR count). The quantitative estimate of drug-likeness (QED) is 0.203. The number of carbonyl (C=O) groups is 1. The van der Waals surface area contributed by atoms with E-state index in [1.54, 1.807) is 30.3 Å². The Hall–Kier alpha value is -4.35. The van der Waals surface area contributed by atoms with Crippen molar-refractivity contribution in [1.82, 2.24) is 23.7 Å². The third-order valence-corrected chi connectivity index (χ3v) is 8.89. The minimum absolute atomic E-state index is 0.0562. The smallest absolute Gasteiger partial charge is 0.268 e. The minimum Gasteiger partial charge on any atom is -0.383 e. The molecule has 0 amide bonds. The molecule has 0 radical (unpaired) electrons. The Morgan fingerprint density at radius 3 is 2.44 bits per heavy atom. The zero-order valence-electron chi connectivity index (χ0n) is 21.3. The van der Waals surface area contributed by atoms with Crippen LogP contribution in [-0.4, -0.2) is 37.9 Å². The molecule has 9 nitrogen and oxygen atoms in total. The average molecular weight is 557 g/mol. The van der Waals surface area contributed by atoms with Gasteiger partial charge in [-0.3, -0.25) is 4.79 Å². The maximum atomic E-state index is 14.1. The summed E-state index contributed by atoms with van der Waals surface area (Å²) in [5.74, 6) is 0.237. The van der Waals surface area contributed by atoms with Gasteiger partial charge in [0.05, 0.1) is 38.9 Å². The van der Waals surface area contributed by atoms with Crippen LogP contribution >= 0.6 is 12.6 Å². The summed E-state index contributed by atoms with van der Waals surface area (Å²) in [5, 5.41) is 4.89. The lowest BCUT2D eigenvalue weighted by Crippen LogP contribution is -2.20. The summed E-state index contributed by atoms with van der Waals surface area (Å²) >= 11 is 4.64. The molecule has 3 N–H and O–H groups in total. The van der Waals surface area contributed by atoms with Crippen LogP contribution in [0.4, 0.5) is 5.82 Å². The number of fused-ring (bicyclic) bond motifs is 2. The molecule has 0 saturated heterocycles. The van der Waals surface area contributed by atoms with Crippen LogP contribution in [0.2, 0.25) is 0 Å². The van der Waals surface area contributed by atoms with E-state index in [0.29, 0.717) is 16.6 Å². The molecule has 0 saturated carbocycles. The minimum atomic E-state index is -4.17. The molecular formula is C28H24N6O3S2. The van der Waals surface area contributed by atoms with E-state index in [1.807, 2.05) is 39.0 Å². The summed E-state index contributed by atoms with van der Waals surface area (Å²) in [7, 11) is -4.17. The molecule has 6 aromatic rings. The lowest BCUT2D eigenvalue weighted by atomic mass is 10.1. The number of carbonyl (C=O) groups excluding carboxylic acids is 1. The Balaban J connectivity index is 1.54. The fraction of sp³-hybridized carbons (Fsp3) is 0.107. The third kappa shape index (κ3) is 3.93. The largest absolute Gasteiger partial charge is 0.383 e. The van der Waals surface area contributed by atoms with Crippen LogP contribution in [0.25, 0.3) is 27.6 Å². The number of benzene rings is 3. The van der Waals surface area contributed by atoms with Crippen molar-refractivity contribution in [3.63, 3.8) is 0 Å². The molecule has 0 spiro atoms. The molecule has 3 aromatic carbocycles. The van der Waals surface area contributed by atoms with Crippen LogP contribution in [0.3, 0.4) is 0 Å². The second-order valence-electron chi connectivity index (χ2n) is 9.51. The van der Waals surface area contributed by atoms with Gasteiger partial charge in [0, 0.05) is 10.3 Å². The van der Waals surface area contributed by atoms with Gasteiger partial charge in [0.15, 0.2) is 0 Å². The van der Waals surface area contributed by atoms with Crippen molar-refractivity contribution >= 4 is 56.2 Å². The van der Waals surface area contributed by atoms with E-state index in [2.05, 4.69) is 27.7 Å². The molecule has 0 atom stereocenters. The zero-order chi connectivity index (χ0) is 27.6. The van der Waals surface area contributed by atoms with Gasteiger partial charge in [0.1, 0.15) is 17.3 Å². The van der Waals surface area contributed by atoms with Gasteiger partial charge in [-0.1, -0.05) is 29.8 Å². The van der Waals surface area contributed by atoms with Gasteiger partial charge in [-0.25, -0.2) is 22.1 Å². The van der Waals surface area contributed by atoms with Crippen molar-refractivity contribution in [2.45, 2.75) is 30.6 Å². The molecule has 196 valence electrons. The molecule has 0 aliphatic carbocycles. The summed E-state index contributed by atoms with van der Waals surface area (Å²) in [5.41, 5.74) is 10.7. The van der Waals surface area contributed by atoms with Gasteiger partial charge in [-0.2, -0.15) is 5.10 Å². The highest BCUT2D eigenvalue weighted by atomic mass is 32.2. The number of thiol groups is 1. The highest BCUT2D eigenvalue weighted by Crippen LogP contribution is 2.36. The number of rotatable bonds is 5. The number of nitrogens with zero attached hydrogens (tertiary/aromatic N) is 4. The number of imidazole rings is 1. The fourth-order valence-corrected chi connectivity index (χ4v) is 6.72. The predicted molar refractivity (Wildman–Crippen MR) is 153 cm³/mol. The molecular weight excluding hydrogens is 532 g/mol. The van der Waals surface area contributed by atoms with E-state index in [0.717, 1.165) is 32.0 Å². The monoisotopic (exact) mass is 556 g/mol. The number of nitrogens with one attached hydrogen (secondary N) is 1. The van der Waals surface area contributed by atoms with Crippen LogP contribution in [0.1, 0.15) is 33.0 Å². The number of hydrogen-bond donors (Lipinski definition) is 3. The molecule has 11 heteroatoms. The van der Waals surface area contributed by atoms with Crippen molar-refractivity contribution in [2.24, 2.45) is 0 Å². The van der Waals surface area contributed by atoms with Crippen LogP contribution < -0.4 is 5.73 Å². The van der Waals surface area contributed by atoms with Crippen LogP contribution in [0, 0.1) is 20.8 Å². The number of ketones is 1. The number of anilines is 1. The number of aromatic nitrogens is 5. The third-order valence-electron chi connectivity index (χ3n) is 6.71. The normalized spacial score (nSPS) is 12.0. The Bertz CT molecular complexity index is 2050. The topological polar surface area (TPSA) is 129 Å². The first-order valence-electron chi connectivity index (χ1n) is 12.1. The molecule has 0 fully saturated rings. The maximum absolute atomic E-state index is 14.1. The second-order valence-corrected chi connectivity index (χ2v) is 11.7. The first kappa shape index (κ1) is 25.0. The van der Waals surface area contributed by atoms with Gasteiger partial charge in [-0.05, 0) is 62.7 Å². The van der Waals surface area contributed by atoms with E-state index in [4.69, 9.17) is 5.73 Å². The van der Waals surface area contributed by atoms with E-state index in [1.165, 1.54) is 23.0 Å². The molecule has 0 aliphatic heterocycles. The molecule has 3 aromatic heterocycles. The summed E-state index contributed by atoms with van der Waals surface area (Å²) in [6.45, 7) is 5.59. The molecule has 39 heavy (non-hydrogen) atoms. The average Bonchev–Trinajstić information content (AvgIpc) is 3.55. The van der Waals surface area contributed by atoms with Crippen molar-refractivity contribution in [1.29, 1.82) is 0 Å². The lowest BCUT2D eigenvalue weighted by Gasteiger charge is -2.12. The number of nitrogens with two attached hydrogens (primary N) is 1. The van der Waals surface area contributed by atoms with Crippen molar-refractivity contribution < 1.29 is 13.2 Å². The molecule has 0 bridgehead atoms. The van der Waals surface area contributed by atoms with Crippen molar-refractivity contribution in [3.8, 4) is 5.69 Å². The molecule has 0 aliphatic rings. The van der Waals surface area contributed by atoms with E-state index in [-0.39, 0.29) is 26.9 Å². The maximum Gasteiger partial charge on any atom is 0.268 e. The Morgan fingerprint density at radius 1 is 0.974 bits per heavy atom. The zero-order valence-corrected chi connectivity index (χ0v) is 23.0. The van der Waals surface area contributed by atoms with Gasteiger partial charge < -0.3 is 10.7 Å². The summed E-state index contributed by atoms with van der Waals surface area (Å²) in [6, 6.07) is 17.3. The molecule has 0 unspecified atom stereocenters. The number of hydrogen-bond acceptors (Lipinski definition) is 7. The predicted octanol–water partition coefficient (Wildman–Crippen LogP) is 4.97. The van der Waals surface area contributed by atoms with Crippen molar-refractivity contribution in [2.75, 3.05) is 5.73 Å².